The van der Waals surface area contributed by atoms with Crippen LogP contribution in [-0.4, -0.2) is 16.0 Å². The summed E-state index contributed by atoms with van der Waals surface area (Å²) in [7, 11) is 0. The maximum absolute atomic E-state index is 14.1. The molecular formula is C24H14Cl6F2N2O2. The Bertz CT molecular complexity index is 1370. The molecule has 0 unspecified atom stereocenters. The van der Waals surface area contributed by atoms with E-state index in [4.69, 9.17) is 75.3 Å². The van der Waals surface area contributed by atoms with Gasteiger partial charge in [-0.3, -0.25) is 9.59 Å². The van der Waals surface area contributed by atoms with Gasteiger partial charge in [0, 0.05) is 34.8 Å². The van der Waals surface area contributed by atoms with Crippen molar-refractivity contribution in [1.82, 2.24) is 0 Å². The molecule has 1 aliphatic rings. The molecule has 0 aliphatic heterocycles. The third-order valence-electron chi connectivity index (χ3n) is 5.74. The molecule has 36 heavy (non-hydrogen) atoms. The molecule has 2 atom stereocenters. The number of alkyl halides is 2. The first-order valence-electron chi connectivity index (χ1n) is 10.2. The van der Waals surface area contributed by atoms with Crippen molar-refractivity contribution in [3.8, 4) is 0 Å². The molecule has 3 N–H and O–H groups in total. The van der Waals surface area contributed by atoms with Gasteiger partial charge >= 0.3 is 0 Å². The van der Waals surface area contributed by atoms with E-state index in [0.29, 0.717) is 5.56 Å². The fraction of sp³-hybridized carbons (Fsp3) is 0.167. The lowest BCUT2D eigenvalue weighted by atomic mass is 10.0. The molecule has 1 aliphatic carbocycles. The van der Waals surface area contributed by atoms with E-state index in [-0.39, 0.29) is 37.0 Å². The summed E-state index contributed by atoms with van der Waals surface area (Å²) in [6.07, 6.45) is -0.607. The first-order chi connectivity index (χ1) is 16.8. The smallest absolute Gasteiger partial charge is 0.231 e. The molecule has 3 aromatic rings. The Morgan fingerprint density at radius 3 is 2.08 bits per heavy atom. The maximum atomic E-state index is 14.1. The van der Waals surface area contributed by atoms with E-state index in [1.807, 2.05) is 0 Å². The fourth-order valence-corrected chi connectivity index (χ4v) is 5.57. The predicted molar refractivity (Wildman–Crippen MR) is 141 cm³/mol. The van der Waals surface area contributed by atoms with Crippen molar-refractivity contribution in [2.45, 2.75) is 16.7 Å². The van der Waals surface area contributed by atoms with Crippen molar-refractivity contribution in [3.63, 3.8) is 0 Å². The van der Waals surface area contributed by atoms with Crippen molar-refractivity contribution in [3.05, 3.63) is 90.9 Å². The van der Waals surface area contributed by atoms with Gasteiger partial charge in [-0.15, -0.1) is 23.2 Å². The zero-order valence-corrected chi connectivity index (χ0v) is 22.4. The summed E-state index contributed by atoms with van der Waals surface area (Å²) in [6, 6.07) is 9.02. The highest BCUT2D eigenvalue weighted by Gasteiger charge is 2.67. The Morgan fingerprint density at radius 2 is 1.50 bits per heavy atom. The van der Waals surface area contributed by atoms with E-state index in [9.17, 15) is 18.4 Å². The second-order valence-corrected chi connectivity index (χ2v) is 11.2. The van der Waals surface area contributed by atoms with E-state index in [1.165, 1.54) is 30.3 Å². The lowest BCUT2D eigenvalue weighted by molar-refractivity contribution is -0.117. The molecule has 0 spiro atoms. The molecule has 12 heteroatoms. The molecule has 1 fully saturated rings. The van der Waals surface area contributed by atoms with Gasteiger partial charge in [0.2, 0.25) is 5.91 Å². The number of hydrogen-bond acceptors (Lipinski definition) is 3. The summed E-state index contributed by atoms with van der Waals surface area (Å²) in [5, 5.41) is 3.21. The number of Topliss-reactive ketones (excluding diaryl/α,β-unsaturated/α-hetero) is 1. The van der Waals surface area contributed by atoms with Gasteiger partial charge in [-0.05, 0) is 48.0 Å². The summed E-state index contributed by atoms with van der Waals surface area (Å²) in [4.78, 5) is 25.8. The highest BCUT2D eigenvalue weighted by atomic mass is 35.5. The average Bonchev–Trinajstić information content (AvgIpc) is 3.37. The van der Waals surface area contributed by atoms with Gasteiger partial charge in [0.15, 0.2) is 5.78 Å². The average molecular weight is 613 g/mol. The second kappa shape index (κ2) is 10.2. The standard InChI is InChI=1S/C24H14Cl6F2N2O2/c25-14-2-1-11(7-12(14)19(35)8-13-17(31)5-10(33)6-18(13)32)34-23(36)21-20(24(21,29)30)9-3-15(26)22(28)16(27)4-9/h1-7,20-21H,8,33H2,(H,34,36)/t20-,21+/m0/s1. The minimum Gasteiger partial charge on any atom is -0.399 e. The number of carbonyl (C=O) groups excluding carboxylic acids is 2. The number of rotatable bonds is 6. The monoisotopic (exact) mass is 610 g/mol. The van der Waals surface area contributed by atoms with Gasteiger partial charge < -0.3 is 11.1 Å². The molecule has 0 heterocycles. The summed E-state index contributed by atoms with van der Waals surface area (Å²) >= 11 is 37.1. The molecule has 0 saturated heterocycles. The number of nitrogens with one attached hydrogen (secondary N) is 1. The number of nitrogens with two attached hydrogens (primary N) is 1. The van der Waals surface area contributed by atoms with Crippen LogP contribution in [0.3, 0.4) is 0 Å². The normalized spacial score (nSPS) is 18.1. The van der Waals surface area contributed by atoms with Crippen LogP contribution in [-0.2, 0) is 11.2 Å². The number of anilines is 2. The number of hydrogen-bond donors (Lipinski definition) is 2. The van der Waals surface area contributed by atoms with E-state index in [2.05, 4.69) is 5.32 Å². The number of halogens is 8. The highest BCUT2D eigenvalue weighted by molar-refractivity contribution is 6.54. The van der Waals surface area contributed by atoms with E-state index in [0.717, 1.165) is 12.1 Å². The Labute approximate surface area is 234 Å². The summed E-state index contributed by atoms with van der Waals surface area (Å²) < 4.78 is 26.8. The fourth-order valence-electron chi connectivity index (χ4n) is 3.91. The van der Waals surface area contributed by atoms with E-state index < -0.39 is 51.5 Å². The summed E-state index contributed by atoms with van der Waals surface area (Å²) in [5.41, 5.74) is 5.54. The zero-order chi connectivity index (χ0) is 26.5. The van der Waals surface area contributed by atoms with Crippen molar-refractivity contribution in [2.24, 2.45) is 5.92 Å². The number of benzene rings is 3. The predicted octanol–water partition coefficient (Wildman–Crippen LogP) is 8.11. The van der Waals surface area contributed by atoms with Crippen LogP contribution in [0.5, 0.6) is 0 Å². The lowest BCUT2D eigenvalue weighted by Crippen LogP contribution is -2.17. The molecule has 0 bridgehead atoms. The molecular weight excluding hydrogens is 599 g/mol. The zero-order valence-electron chi connectivity index (χ0n) is 17.8. The number of amides is 1. The van der Waals surface area contributed by atoms with Crippen LogP contribution < -0.4 is 11.1 Å². The quantitative estimate of drug-likeness (QED) is 0.128. The molecule has 1 saturated carbocycles. The molecule has 4 rings (SSSR count). The van der Waals surface area contributed by atoms with Crippen LogP contribution in [0.15, 0.2) is 42.5 Å². The number of nitrogen functional groups attached to an aromatic ring is 1. The van der Waals surface area contributed by atoms with Crippen LogP contribution in [0.2, 0.25) is 20.1 Å². The first kappa shape index (κ1) is 27.2. The highest BCUT2D eigenvalue weighted by Crippen LogP contribution is 2.65. The van der Waals surface area contributed by atoms with Crippen molar-refractivity contribution in [1.29, 1.82) is 0 Å². The van der Waals surface area contributed by atoms with Crippen LogP contribution in [0, 0.1) is 17.6 Å². The van der Waals surface area contributed by atoms with E-state index >= 15 is 0 Å². The largest absolute Gasteiger partial charge is 0.399 e. The van der Waals surface area contributed by atoms with Gasteiger partial charge in [0.05, 0.1) is 26.0 Å². The third kappa shape index (κ3) is 5.26. The lowest BCUT2D eigenvalue weighted by Gasteiger charge is -2.10. The summed E-state index contributed by atoms with van der Waals surface area (Å²) in [6.45, 7) is 0. The Kier molecular flexibility index (Phi) is 7.69. The van der Waals surface area contributed by atoms with Crippen LogP contribution in [0.25, 0.3) is 0 Å². The Morgan fingerprint density at radius 1 is 0.917 bits per heavy atom. The molecule has 188 valence electrons. The van der Waals surface area contributed by atoms with Crippen LogP contribution in [0.1, 0.15) is 27.4 Å². The van der Waals surface area contributed by atoms with Crippen LogP contribution >= 0.6 is 69.6 Å². The van der Waals surface area contributed by atoms with Crippen molar-refractivity contribution < 1.29 is 18.4 Å². The Balaban J connectivity index is 1.54. The van der Waals surface area contributed by atoms with Gasteiger partial charge in [-0.1, -0.05) is 46.4 Å². The first-order valence-corrected chi connectivity index (χ1v) is 12.5. The molecule has 3 aromatic carbocycles. The third-order valence-corrected chi connectivity index (χ3v) is 8.20. The minimum atomic E-state index is -1.44. The number of carbonyl (C=O) groups is 2. The minimum absolute atomic E-state index is 0.0352. The topological polar surface area (TPSA) is 72.2 Å². The van der Waals surface area contributed by atoms with Gasteiger partial charge in [-0.2, -0.15) is 0 Å². The number of ketones is 1. The van der Waals surface area contributed by atoms with Gasteiger partial charge in [0.1, 0.15) is 16.0 Å². The SMILES string of the molecule is Nc1cc(F)c(CC(=O)c2cc(NC(=O)[C@H]3[C@H](c4cc(Cl)c(Cl)c(Cl)c4)C3(Cl)Cl)ccc2Cl)c(F)c1. The van der Waals surface area contributed by atoms with Crippen molar-refractivity contribution in [2.75, 3.05) is 11.1 Å². The molecule has 0 aromatic heterocycles. The molecule has 4 nitrogen and oxygen atoms in total. The second-order valence-electron chi connectivity index (χ2n) is 8.18. The Hall–Kier alpha value is -1.80. The van der Waals surface area contributed by atoms with Crippen molar-refractivity contribution >= 4 is 92.7 Å². The van der Waals surface area contributed by atoms with Crippen LogP contribution in [0.4, 0.5) is 20.2 Å². The van der Waals surface area contributed by atoms with Gasteiger partial charge in [-0.25, -0.2) is 8.78 Å². The van der Waals surface area contributed by atoms with E-state index in [1.54, 1.807) is 0 Å². The molecule has 1 amide bonds. The maximum Gasteiger partial charge on any atom is 0.231 e. The van der Waals surface area contributed by atoms with Gasteiger partial charge in [0.25, 0.3) is 0 Å². The summed E-state index contributed by atoms with van der Waals surface area (Å²) in [5.74, 6) is -4.62. The molecule has 0 radical (unpaired) electrons.